The highest BCUT2D eigenvalue weighted by Crippen LogP contribution is 2.35. The fourth-order valence-electron chi connectivity index (χ4n) is 3.95. The first-order valence-corrected chi connectivity index (χ1v) is 11.1. The number of nitrogens with zero attached hydrogens (tertiary/aromatic N) is 5. The van der Waals surface area contributed by atoms with Crippen LogP contribution in [0.15, 0.2) is 42.6 Å². The van der Waals surface area contributed by atoms with E-state index in [-0.39, 0.29) is 5.82 Å². The summed E-state index contributed by atoms with van der Waals surface area (Å²) in [5.74, 6) is -4.53. The minimum atomic E-state index is -3.60. The highest BCUT2D eigenvalue weighted by Gasteiger charge is 2.39. The number of β-amino-alcohol motifs (C(OH)–C–C–N with tert-alkyl or cyclic N) is 1. The molecule has 35 heavy (non-hydrogen) atoms. The van der Waals surface area contributed by atoms with Crippen LogP contribution < -0.4 is 5.32 Å². The first kappa shape index (κ1) is 23.3. The molecule has 9 nitrogen and oxygen atoms in total. The number of benzene rings is 1. The molecule has 3 aromatic heterocycles. The number of halogens is 3. The minimum absolute atomic E-state index is 0.0908. The van der Waals surface area contributed by atoms with Crippen molar-refractivity contribution < 1.29 is 23.0 Å². The summed E-state index contributed by atoms with van der Waals surface area (Å²) in [5, 5.41) is 24.7. The molecule has 1 fully saturated rings. The van der Waals surface area contributed by atoms with Gasteiger partial charge in [-0.3, -0.25) is 10.00 Å². The lowest BCUT2D eigenvalue weighted by atomic mass is 10.1. The minimum Gasteiger partial charge on any atom is -0.387 e. The fraction of sp³-hybridized carbons (Fsp3) is 0.348. The Kier molecular flexibility index (Phi) is 6.17. The number of nitrogens with one attached hydrogen (secondary N) is 2. The molecule has 184 valence electrons. The second kappa shape index (κ2) is 9.29. The number of aliphatic hydroxyl groups excluding tert-OH is 1. The van der Waals surface area contributed by atoms with E-state index in [1.807, 2.05) is 0 Å². The van der Waals surface area contributed by atoms with Crippen LogP contribution in [0.1, 0.15) is 28.7 Å². The molecule has 1 aromatic carbocycles. The third kappa shape index (κ3) is 4.85. The highest BCUT2D eigenvalue weighted by atomic mass is 19.3. The molecule has 3 N–H and O–H groups in total. The van der Waals surface area contributed by atoms with Crippen LogP contribution in [0.5, 0.6) is 0 Å². The van der Waals surface area contributed by atoms with Crippen molar-refractivity contribution in [2.45, 2.75) is 19.0 Å². The number of anilines is 2. The summed E-state index contributed by atoms with van der Waals surface area (Å²) in [5.41, 5.74) is 1.22. The summed E-state index contributed by atoms with van der Waals surface area (Å²) in [7, 11) is 0. The Morgan fingerprint density at radius 3 is 2.63 bits per heavy atom. The van der Waals surface area contributed by atoms with E-state index < -0.39 is 29.2 Å². The van der Waals surface area contributed by atoms with Crippen LogP contribution >= 0.6 is 0 Å². The number of H-pyrrole nitrogens is 1. The van der Waals surface area contributed by atoms with Gasteiger partial charge in [0, 0.05) is 48.7 Å². The molecular weight excluding hydrogens is 463 g/mol. The predicted octanol–water partition coefficient (Wildman–Crippen LogP) is 3.15. The fourth-order valence-corrected chi connectivity index (χ4v) is 3.95. The average Bonchev–Trinajstić information content (AvgIpc) is 3.46. The monoisotopic (exact) mass is 487 g/mol. The van der Waals surface area contributed by atoms with Crippen molar-refractivity contribution in [1.82, 2.24) is 29.7 Å². The number of hydrogen-bond acceptors (Lipinski definition) is 7. The van der Waals surface area contributed by atoms with Gasteiger partial charge in [0.05, 0.1) is 19.3 Å². The summed E-state index contributed by atoms with van der Waals surface area (Å²) >= 11 is 0. The molecule has 0 bridgehead atoms. The van der Waals surface area contributed by atoms with Gasteiger partial charge in [0.1, 0.15) is 11.3 Å². The smallest absolute Gasteiger partial charge is 0.333 e. The Bertz CT molecular complexity index is 1320. The van der Waals surface area contributed by atoms with Crippen molar-refractivity contribution in [3.05, 3.63) is 71.1 Å². The lowest BCUT2D eigenvalue weighted by Crippen LogP contribution is -2.38. The number of aliphatic hydroxyl groups is 1. The van der Waals surface area contributed by atoms with E-state index in [9.17, 15) is 9.50 Å². The molecule has 1 aliphatic rings. The molecule has 4 heterocycles. The molecular formula is C23H24F3N7O2. The Morgan fingerprint density at radius 1 is 1.20 bits per heavy atom. The Hall–Kier alpha value is -3.48. The normalized spacial score (nSPS) is 16.0. The maximum atomic E-state index is 15.4. The SMILES string of the molecule is Cc1cc(Nc2nc(C(F)(F)c3ccc(F)cc3)nn3cc(C(O)CN4CCOCC4)cc23)n[nH]1. The average molecular weight is 487 g/mol. The van der Waals surface area contributed by atoms with Gasteiger partial charge in [-0.1, -0.05) is 0 Å². The summed E-state index contributed by atoms with van der Waals surface area (Å²) in [6.45, 7) is 4.75. The van der Waals surface area contributed by atoms with Crippen molar-refractivity contribution in [1.29, 1.82) is 0 Å². The first-order valence-electron chi connectivity index (χ1n) is 11.1. The van der Waals surface area contributed by atoms with Crippen molar-refractivity contribution in [2.75, 3.05) is 38.2 Å². The number of rotatable bonds is 7. The molecule has 1 atom stereocenters. The molecule has 1 saturated heterocycles. The molecule has 0 aliphatic carbocycles. The summed E-state index contributed by atoms with van der Waals surface area (Å²) < 4.78 is 50.6. The van der Waals surface area contributed by atoms with E-state index in [0.29, 0.717) is 49.7 Å². The molecule has 4 aromatic rings. The third-order valence-electron chi connectivity index (χ3n) is 5.84. The van der Waals surface area contributed by atoms with Crippen LogP contribution in [0.25, 0.3) is 5.52 Å². The number of hydrogen-bond donors (Lipinski definition) is 3. The quantitative estimate of drug-likeness (QED) is 0.368. The van der Waals surface area contributed by atoms with Gasteiger partial charge in [0.25, 0.3) is 0 Å². The Morgan fingerprint density at radius 2 is 1.94 bits per heavy atom. The van der Waals surface area contributed by atoms with Gasteiger partial charge in [-0.05, 0) is 37.3 Å². The number of aromatic nitrogens is 5. The molecule has 0 spiro atoms. The molecule has 12 heteroatoms. The van der Waals surface area contributed by atoms with Gasteiger partial charge in [0.15, 0.2) is 11.6 Å². The third-order valence-corrected chi connectivity index (χ3v) is 5.84. The van der Waals surface area contributed by atoms with Gasteiger partial charge in [-0.2, -0.15) is 13.9 Å². The number of morpholine rings is 1. The molecule has 0 radical (unpaired) electrons. The number of aromatic amines is 1. The van der Waals surface area contributed by atoms with Crippen LogP contribution in [-0.2, 0) is 10.7 Å². The topological polar surface area (TPSA) is 104 Å². The van der Waals surface area contributed by atoms with E-state index >= 15 is 8.78 Å². The van der Waals surface area contributed by atoms with E-state index in [1.54, 1.807) is 19.1 Å². The van der Waals surface area contributed by atoms with Crippen molar-refractivity contribution >= 4 is 17.2 Å². The summed E-state index contributed by atoms with van der Waals surface area (Å²) in [6.07, 6.45) is 0.643. The highest BCUT2D eigenvalue weighted by molar-refractivity contribution is 5.73. The lowest BCUT2D eigenvalue weighted by molar-refractivity contribution is 0.0143. The van der Waals surface area contributed by atoms with E-state index in [1.165, 1.54) is 10.7 Å². The number of ether oxygens (including phenoxy) is 1. The van der Waals surface area contributed by atoms with Crippen LogP contribution in [0.3, 0.4) is 0 Å². The van der Waals surface area contributed by atoms with Gasteiger partial charge < -0.3 is 15.2 Å². The predicted molar refractivity (Wildman–Crippen MR) is 121 cm³/mol. The second-order valence-corrected chi connectivity index (χ2v) is 8.46. The summed E-state index contributed by atoms with van der Waals surface area (Å²) in [4.78, 5) is 6.19. The van der Waals surface area contributed by atoms with E-state index in [4.69, 9.17) is 4.74 Å². The van der Waals surface area contributed by atoms with Crippen molar-refractivity contribution in [3.8, 4) is 0 Å². The van der Waals surface area contributed by atoms with Gasteiger partial charge in [0.2, 0.25) is 5.82 Å². The van der Waals surface area contributed by atoms with Gasteiger partial charge in [-0.25, -0.2) is 13.9 Å². The van der Waals surface area contributed by atoms with Crippen LogP contribution in [0, 0.1) is 12.7 Å². The van der Waals surface area contributed by atoms with Crippen LogP contribution in [-0.4, -0.2) is 67.6 Å². The lowest BCUT2D eigenvalue weighted by Gasteiger charge is -2.28. The maximum Gasteiger partial charge on any atom is 0.333 e. The van der Waals surface area contributed by atoms with Crippen molar-refractivity contribution in [2.24, 2.45) is 0 Å². The van der Waals surface area contributed by atoms with Crippen LogP contribution in [0.4, 0.5) is 24.8 Å². The maximum absolute atomic E-state index is 15.4. The van der Waals surface area contributed by atoms with Crippen LogP contribution in [0.2, 0.25) is 0 Å². The molecule has 0 amide bonds. The Balaban J connectivity index is 1.54. The number of alkyl halides is 2. The number of aryl methyl sites for hydroxylation is 1. The van der Waals surface area contributed by atoms with E-state index in [0.717, 1.165) is 30.0 Å². The zero-order chi connectivity index (χ0) is 24.6. The van der Waals surface area contributed by atoms with Crippen molar-refractivity contribution in [3.63, 3.8) is 0 Å². The zero-order valence-corrected chi connectivity index (χ0v) is 18.9. The Labute approximate surface area is 198 Å². The first-order chi connectivity index (χ1) is 16.8. The largest absolute Gasteiger partial charge is 0.387 e. The second-order valence-electron chi connectivity index (χ2n) is 8.46. The molecule has 5 rings (SSSR count). The van der Waals surface area contributed by atoms with Gasteiger partial charge >= 0.3 is 5.92 Å². The van der Waals surface area contributed by atoms with E-state index in [2.05, 4.69) is 30.5 Å². The molecule has 0 saturated carbocycles. The number of fused-ring (bicyclic) bond motifs is 1. The van der Waals surface area contributed by atoms with Gasteiger partial charge in [-0.15, -0.1) is 5.10 Å². The zero-order valence-electron chi connectivity index (χ0n) is 18.9. The molecule has 1 unspecified atom stereocenters. The molecule has 1 aliphatic heterocycles. The summed E-state index contributed by atoms with van der Waals surface area (Å²) in [6, 6.07) is 7.28. The standard InChI is InChI=1S/C23H24F3N7O2/c1-14-10-20(30-29-14)27-21-18-11-15(19(34)13-32-6-8-35-9-7-32)12-33(18)31-22(28-21)23(25,26)16-2-4-17(24)5-3-16/h2-5,10-12,19,34H,6-9,13H2,1H3,(H2,27,28,29,30,31).